The van der Waals surface area contributed by atoms with E-state index in [1.807, 2.05) is 44.3 Å². The molecule has 0 saturated carbocycles. The van der Waals surface area contributed by atoms with Gasteiger partial charge < -0.3 is 14.8 Å². The molecule has 0 unspecified atom stereocenters. The van der Waals surface area contributed by atoms with Crippen molar-refractivity contribution in [3.63, 3.8) is 0 Å². The zero-order valence-corrected chi connectivity index (χ0v) is 12.3. The Morgan fingerprint density at radius 3 is 2.65 bits per heavy atom. The number of aromatic nitrogens is 1. The van der Waals surface area contributed by atoms with Gasteiger partial charge in [-0.15, -0.1) is 0 Å². The summed E-state index contributed by atoms with van der Waals surface area (Å²) in [5.41, 5.74) is 1.00. The van der Waals surface area contributed by atoms with Crippen LogP contribution in [0.3, 0.4) is 0 Å². The molecular weight excluding hydrogens is 276 g/mol. The predicted molar refractivity (Wildman–Crippen MR) is 79.7 cm³/mol. The summed E-state index contributed by atoms with van der Waals surface area (Å²) in [6, 6.07) is 9.28. The molecule has 1 aromatic carbocycles. The second kappa shape index (κ2) is 7.12. The van der Waals surface area contributed by atoms with Crippen LogP contribution in [0.1, 0.15) is 12.5 Å². The quantitative estimate of drug-likeness (QED) is 0.882. The Labute approximate surface area is 123 Å². The van der Waals surface area contributed by atoms with Gasteiger partial charge in [0, 0.05) is 12.7 Å². The first kappa shape index (κ1) is 14.6. The molecule has 0 aliphatic carbocycles. The minimum atomic E-state index is 0.374. The number of nitrogens with zero attached hydrogens (tertiary/aromatic N) is 1. The first-order valence-electron chi connectivity index (χ1n) is 6.43. The minimum absolute atomic E-state index is 0.374. The number of rotatable bonds is 6. The lowest BCUT2D eigenvalue weighted by molar-refractivity contribution is 0.319. The van der Waals surface area contributed by atoms with E-state index in [9.17, 15) is 0 Å². The smallest absolute Gasteiger partial charge is 0.238 e. The number of nitrogens with one attached hydrogen (secondary N) is 1. The van der Waals surface area contributed by atoms with Crippen LogP contribution in [-0.2, 0) is 6.54 Å². The third-order valence-corrected chi connectivity index (χ3v) is 2.87. The highest BCUT2D eigenvalue weighted by Gasteiger charge is 2.10. The molecule has 0 radical (unpaired) electrons. The van der Waals surface area contributed by atoms with Crippen molar-refractivity contribution < 1.29 is 9.47 Å². The van der Waals surface area contributed by atoms with Crippen molar-refractivity contribution in [2.75, 3.05) is 13.7 Å². The highest BCUT2D eigenvalue weighted by molar-refractivity contribution is 6.31. The molecule has 0 amide bonds. The van der Waals surface area contributed by atoms with Crippen LogP contribution in [0.5, 0.6) is 17.4 Å². The topological polar surface area (TPSA) is 43.4 Å². The normalized spacial score (nSPS) is 10.3. The Morgan fingerprint density at radius 2 is 2.00 bits per heavy atom. The Morgan fingerprint density at radius 1 is 1.25 bits per heavy atom. The van der Waals surface area contributed by atoms with Crippen molar-refractivity contribution in [3.05, 3.63) is 47.1 Å². The van der Waals surface area contributed by atoms with Gasteiger partial charge in [0.1, 0.15) is 5.02 Å². The van der Waals surface area contributed by atoms with Crippen molar-refractivity contribution >= 4 is 11.6 Å². The lowest BCUT2D eigenvalue weighted by atomic mass is 10.3. The van der Waals surface area contributed by atoms with Crippen LogP contribution in [0.4, 0.5) is 0 Å². The second-order valence-corrected chi connectivity index (χ2v) is 4.55. The zero-order valence-electron chi connectivity index (χ0n) is 11.5. The third-order valence-electron chi connectivity index (χ3n) is 2.60. The maximum atomic E-state index is 6.19. The highest BCUT2D eigenvalue weighted by Crippen LogP contribution is 2.33. The third kappa shape index (κ3) is 3.62. The lowest BCUT2D eigenvalue weighted by Crippen LogP contribution is -2.05. The van der Waals surface area contributed by atoms with Gasteiger partial charge in [0.2, 0.25) is 5.88 Å². The molecule has 2 aromatic rings. The van der Waals surface area contributed by atoms with Gasteiger partial charge in [-0.25, -0.2) is 4.98 Å². The van der Waals surface area contributed by atoms with Crippen LogP contribution >= 0.6 is 11.6 Å². The van der Waals surface area contributed by atoms with Crippen molar-refractivity contribution in [2.45, 2.75) is 13.5 Å². The molecule has 20 heavy (non-hydrogen) atoms. The van der Waals surface area contributed by atoms with Gasteiger partial charge in [-0.2, -0.15) is 0 Å². The molecule has 0 fully saturated rings. The summed E-state index contributed by atoms with van der Waals surface area (Å²) in [6.45, 7) is 3.21. The molecule has 0 aliphatic rings. The van der Waals surface area contributed by atoms with Crippen LogP contribution in [0.15, 0.2) is 36.5 Å². The first-order valence-corrected chi connectivity index (χ1v) is 6.81. The van der Waals surface area contributed by atoms with E-state index in [0.29, 0.717) is 35.6 Å². The van der Waals surface area contributed by atoms with E-state index in [4.69, 9.17) is 21.1 Å². The summed E-state index contributed by atoms with van der Waals surface area (Å²) in [7, 11) is 1.87. The van der Waals surface area contributed by atoms with E-state index < -0.39 is 0 Å². The number of ether oxygens (including phenoxy) is 2. The summed E-state index contributed by atoms with van der Waals surface area (Å²) in [5.74, 6) is 1.65. The maximum absolute atomic E-state index is 6.19. The van der Waals surface area contributed by atoms with E-state index in [1.54, 1.807) is 6.20 Å². The van der Waals surface area contributed by atoms with E-state index in [-0.39, 0.29) is 0 Å². The summed E-state index contributed by atoms with van der Waals surface area (Å²) >= 11 is 6.19. The van der Waals surface area contributed by atoms with Gasteiger partial charge in [-0.3, -0.25) is 0 Å². The molecule has 0 spiro atoms. The number of para-hydroxylation sites is 2. The van der Waals surface area contributed by atoms with Gasteiger partial charge in [-0.1, -0.05) is 23.7 Å². The predicted octanol–water partition coefficient (Wildman–Crippen LogP) is 3.65. The van der Waals surface area contributed by atoms with Crippen molar-refractivity contribution in [2.24, 2.45) is 0 Å². The van der Waals surface area contributed by atoms with Crippen molar-refractivity contribution in [1.29, 1.82) is 0 Å². The fraction of sp³-hybridized carbons (Fsp3) is 0.267. The molecule has 5 heteroatoms. The molecule has 1 N–H and O–H groups in total. The SMILES string of the molecule is CCOc1ccccc1Oc1ncc(CNC)cc1Cl. The van der Waals surface area contributed by atoms with Gasteiger partial charge in [0.15, 0.2) is 11.5 Å². The molecular formula is C15H17ClN2O2. The van der Waals surface area contributed by atoms with E-state index in [0.717, 1.165) is 5.56 Å². The summed E-state index contributed by atoms with van der Waals surface area (Å²) in [6.07, 6.45) is 1.74. The van der Waals surface area contributed by atoms with Crippen LogP contribution in [0, 0.1) is 0 Å². The average Bonchev–Trinajstić information content (AvgIpc) is 2.44. The lowest BCUT2D eigenvalue weighted by Gasteiger charge is -2.12. The number of benzene rings is 1. The van der Waals surface area contributed by atoms with E-state index >= 15 is 0 Å². The van der Waals surface area contributed by atoms with Crippen molar-refractivity contribution in [3.8, 4) is 17.4 Å². The van der Waals surface area contributed by atoms with Crippen LogP contribution < -0.4 is 14.8 Å². The molecule has 1 aromatic heterocycles. The summed E-state index contributed by atoms with van der Waals surface area (Å²) in [5, 5.41) is 3.52. The maximum Gasteiger partial charge on any atom is 0.238 e. The molecule has 0 aliphatic heterocycles. The number of halogens is 1. The summed E-state index contributed by atoms with van der Waals surface area (Å²) < 4.78 is 11.2. The minimum Gasteiger partial charge on any atom is -0.490 e. The number of hydrogen-bond acceptors (Lipinski definition) is 4. The second-order valence-electron chi connectivity index (χ2n) is 4.14. The number of pyridine rings is 1. The monoisotopic (exact) mass is 292 g/mol. The first-order chi connectivity index (χ1) is 9.74. The Bertz CT molecular complexity index is 576. The average molecular weight is 293 g/mol. The molecule has 2 rings (SSSR count). The summed E-state index contributed by atoms with van der Waals surface area (Å²) in [4.78, 5) is 4.24. The Kier molecular flexibility index (Phi) is 5.21. The molecule has 4 nitrogen and oxygen atoms in total. The van der Waals surface area contributed by atoms with Gasteiger partial charge >= 0.3 is 0 Å². The standard InChI is InChI=1S/C15H17ClN2O2/c1-3-19-13-6-4-5-7-14(13)20-15-12(16)8-11(9-17-2)10-18-15/h4-8,10,17H,3,9H2,1-2H3. The highest BCUT2D eigenvalue weighted by atomic mass is 35.5. The number of hydrogen-bond donors (Lipinski definition) is 1. The molecule has 0 atom stereocenters. The zero-order chi connectivity index (χ0) is 14.4. The molecule has 0 bridgehead atoms. The van der Waals surface area contributed by atoms with Gasteiger partial charge in [-0.05, 0) is 37.7 Å². The van der Waals surface area contributed by atoms with Crippen LogP contribution in [0.25, 0.3) is 0 Å². The molecule has 0 saturated heterocycles. The van der Waals surface area contributed by atoms with Gasteiger partial charge in [0.05, 0.1) is 6.61 Å². The Balaban J connectivity index is 2.21. The van der Waals surface area contributed by atoms with Crippen molar-refractivity contribution in [1.82, 2.24) is 10.3 Å². The fourth-order valence-electron chi connectivity index (χ4n) is 1.75. The molecule has 1 heterocycles. The van der Waals surface area contributed by atoms with E-state index in [2.05, 4.69) is 10.3 Å². The fourth-order valence-corrected chi connectivity index (χ4v) is 1.98. The Hall–Kier alpha value is -1.78. The van der Waals surface area contributed by atoms with Gasteiger partial charge in [0.25, 0.3) is 0 Å². The van der Waals surface area contributed by atoms with E-state index in [1.165, 1.54) is 0 Å². The van der Waals surface area contributed by atoms with Crippen LogP contribution in [0.2, 0.25) is 5.02 Å². The largest absolute Gasteiger partial charge is 0.490 e. The molecule has 106 valence electrons. The van der Waals surface area contributed by atoms with Crippen LogP contribution in [-0.4, -0.2) is 18.6 Å².